The molecule has 2 heterocycles. The van der Waals surface area contributed by atoms with Crippen LogP contribution in [0.4, 0.5) is 0 Å². The molecular weight excluding hydrogens is 374 g/mol. The molecule has 1 unspecified atom stereocenters. The van der Waals surface area contributed by atoms with Crippen LogP contribution >= 0.6 is 0 Å². The summed E-state index contributed by atoms with van der Waals surface area (Å²) in [7, 11) is 3.62. The van der Waals surface area contributed by atoms with Gasteiger partial charge in [-0.1, -0.05) is 30.3 Å². The minimum atomic E-state index is 0.0810. The summed E-state index contributed by atoms with van der Waals surface area (Å²) in [6.45, 7) is 4.47. The van der Waals surface area contributed by atoms with Gasteiger partial charge in [0.1, 0.15) is 5.75 Å². The van der Waals surface area contributed by atoms with Crippen molar-refractivity contribution >= 4 is 16.8 Å². The van der Waals surface area contributed by atoms with E-state index in [1.807, 2.05) is 36.2 Å². The van der Waals surface area contributed by atoms with Crippen molar-refractivity contribution in [3.8, 4) is 5.75 Å². The number of hydrogen-bond donors (Lipinski definition) is 1. The van der Waals surface area contributed by atoms with Gasteiger partial charge in [0.15, 0.2) is 0 Å². The molecule has 0 saturated carbocycles. The van der Waals surface area contributed by atoms with Crippen LogP contribution in [0.15, 0.2) is 54.7 Å². The second-order valence-corrected chi connectivity index (χ2v) is 8.30. The van der Waals surface area contributed by atoms with Crippen molar-refractivity contribution in [3.63, 3.8) is 0 Å². The first-order valence-corrected chi connectivity index (χ1v) is 10.7. The Kier molecular flexibility index (Phi) is 6.09. The molecule has 1 aliphatic heterocycles. The zero-order chi connectivity index (χ0) is 21.1. The van der Waals surface area contributed by atoms with Crippen molar-refractivity contribution in [2.45, 2.75) is 31.7 Å². The first-order valence-electron chi connectivity index (χ1n) is 10.7. The van der Waals surface area contributed by atoms with E-state index in [1.165, 1.54) is 16.5 Å². The van der Waals surface area contributed by atoms with Crippen molar-refractivity contribution in [2.75, 3.05) is 33.8 Å². The third-order valence-corrected chi connectivity index (χ3v) is 6.56. The molecule has 1 amide bonds. The lowest BCUT2D eigenvalue weighted by Crippen LogP contribution is -2.42. The molecule has 30 heavy (non-hydrogen) atoms. The summed E-state index contributed by atoms with van der Waals surface area (Å²) in [5, 5.41) is 1.25. The molecule has 4 rings (SSSR count). The molecule has 1 saturated heterocycles. The lowest BCUT2D eigenvalue weighted by atomic mass is 9.89. The summed E-state index contributed by atoms with van der Waals surface area (Å²) in [5.41, 5.74) is 3.69. The minimum absolute atomic E-state index is 0.0810. The Morgan fingerprint density at radius 3 is 2.63 bits per heavy atom. The fourth-order valence-electron chi connectivity index (χ4n) is 4.46. The van der Waals surface area contributed by atoms with Crippen LogP contribution in [0.2, 0.25) is 0 Å². The van der Waals surface area contributed by atoms with Crippen LogP contribution in [0, 0.1) is 0 Å². The average molecular weight is 406 g/mol. The molecule has 2 aromatic carbocycles. The van der Waals surface area contributed by atoms with Crippen LogP contribution in [0.5, 0.6) is 5.75 Å². The van der Waals surface area contributed by atoms with E-state index in [0.29, 0.717) is 12.5 Å². The Balaban J connectivity index is 1.35. The van der Waals surface area contributed by atoms with Gasteiger partial charge in [0.05, 0.1) is 19.7 Å². The van der Waals surface area contributed by atoms with Gasteiger partial charge >= 0.3 is 0 Å². The molecule has 158 valence electrons. The average Bonchev–Trinajstić information content (AvgIpc) is 3.22. The monoisotopic (exact) mass is 405 g/mol. The number of benzene rings is 2. The number of nitrogens with one attached hydrogen (secondary N) is 1. The highest BCUT2D eigenvalue weighted by Crippen LogP contribution is 2.34. The lowest BCUT2D eigenvalue weighted by molar-refractivity contribution is -0.133. The highest BCUT2D eigenvalue weighted by molar-refractivity contribution is 5.85. The molecule has 1 atom stereocenters. The first kappa shape index (κ1) is 20.5. The normalized spacial score (nSPS) is 16.5. The van der Waals surface area contributed by atoms with Crippen LogP contribution in [-0.4, -0.2) is 54.5 Å². The van der Waals surface area contributed by atoms with Gasteiger partial charge in [0.25, 0.3) is 0 Å². The number of hydrogen-bond acceptors (Lipinski definition) is 3. The topological polar surface area (TPSA) is 48.6 Å². The van der Waals surface area contributed by atoms with E-state index in [2.05, 4.69) is 47.3 Å². The SMILES string of the molecule is COc1ccc2[nH]cc(C3CCN(CC(=O)N(C)C(C)c4ccccc4)CC3)c2c1. The van der Waals surface area contributed by atoms with Gasteiger partial charge < -0.3 is 14.6 Å². The number of aromatic nitrogens is 1. The summed E-state index contributed by atoms with van der Waals surface area (Å²) in [5.74, 6) is 1.58. The predicted octanol–water partition coefficient (Wildman–Crippen LogP) is 4.58. The molecule has 0 aliphatic carbocycles. The number of nitrogens with zero attached hydrogens (tertiary/aromatic N) is 2. The molecule has 5 nitrogen and oxygen atoms in total. The summed E-state index contributed by atoms with van der Waals surface area (Å²) >= 11 is 0. The number of amides is 1. The fourth-order valence-corrected chi connectivity index (χ4v) is 4.46. The highest BCUT2D eigenvalue weighted by Gasteiger charge is 2.26. The Morgan fingerprint density at radius 1 is 1.20 bits per heavy atom. The summed E-state index contributed by atoms with van der Waals surface area (Å²) < 4.78 is 5.40. The second-order valence-electron chi connectivity index (χ2n) is 8.30. The molecule has 1 aliphatic rings. The van der Waals surface area contributed by atoms with Crippen LogP contribution in [-0.2, 0) is 4.79 Å². The van der Waals surface area contributed by atoms with E-state index >= 15 is 0 Å². The van der Waals surface area contributed by atoms with Gasteiger partial charge in [-0.2, -0.15) is 0 Å². The smallest absolute Gasteiger partial charge is 0.236 e. The quantitative estimate of drug-likeness (QED) is 0.653. The van der Waals surface area contributed by atoms with E-state index in [4.69, 9.17) is 4.74 Å². The molecule has 1 N–H and O–H groups in total. The predicted molar refractivity (Wildman–Crippen MR) is 121 cm³/mol. The van der Waals surface area contributed by atoms with Crippen molar-refractivity contribution in [1.82, 2.24) is 14.8 Å². The Bertz CT molecular complexity index is 990. The van der Waals surface area contributed by atoms with Crippen molar-refractivity contribution in [1.29, 1.82) is 0 Å². The molecule has 1 aromatic heterocycles. The maximum atomic E-state index is 12.8. The number of H-pyrrole nitrogens is 1. The zero-order valence-electron chi connectivity index (χ0n) is 18.1. The minimum Gasteiger partial charge on any atom is -0.497 e. The van der Waals surface area contributed by atoms with Crippen LogP contribution < -0.4 is 4.74 Å². The maximum Gasteiger partial charge on any atom is 0.236 e. The van der Waals surface area contributed by atoms with Gasteiger partial charge in [0, 0.05) is 24.1 Å². The number of aromatic amines is 1. The third-order valence-electron chi connectivity index (χ3n) is 6.56. The van der Waals surface area contributed by atoms with E-state index in [0.717, 1.165) is 37.2 Å². The van der Waals surface area contributed by atoms with Gasteiger partial charge in [-0.05, 0) is 68.1 Å². The number of likely N-dealkylation sites (N-methyl/N-ethyl adjacent to an activating group) is 1. The highest BCUT2D eigenvalue weighted by atomic mass is 16.5. The number of carbonyl (C=O) groups excluding carboxylic acids is 1. The number of carbonyl (C=O) groups is 1. The molecule has 5 heteroatoms. The molecular formula is C25H31N3O2. The third kappa shape index (κ3) is 4.21. The van der Waals surface area contributed by atoms with E-state index in [-0.39, 0.29) is 11.9 Å². The molecule has 1 fully saturated rings. The fraction of sp³-hybridized carbons (Fsp3) is 0.400. The maximum absolute atomic E-state index is 12.8. The molecule has 3 aromatic rings. The molecule has 0 radical (unpaired) electrons. The van der Waals surface area contributed by atoms with Gasteiger partial charge in [-0.3, -0.25) is 9.69 Å². The lowest BCUT2D eigenvalue weighted by Gasteiger charge is -2.33. The molecule has 0 bridgehead atoms. The first-order chi connectivity index (χ1) is 14.6. The van der Waals surface area contributed by atoms with Gasteiger partial charge in [0.2, 0.25) is 5.91 Å². The number of methoxy groups -OCH3 is 1. The summed E-state index contributed by atoms with van der Waals surface area (Å²) in [4.78, 5) is 20.4. The van der Waals surface area contributed by atoms with Gasteiger partial charge in [-0.15, -0.1) is 0 Å². The van der Waals surface area contributed by atoms with E-state index in [9.17, 15) is 4.79 Å². The Morgan fingerprint density at radius 2 is 1.93 bits per heavy atom. The molecule has 0 spiro atoms. The zero-order valence-corrected chi connectivity index (χ0v) is 18.1. The Labute approximate surface area is 178 Å². The van der Waals surface area contributed by atoms with Crippen LogP contribution in [0.25, 0.3) is 10.9 Å². The largest absolute Gasteiger partial charge is 0.497 e. The number of rotatable bonds is 6. The van der Waals surface area contributed by atoms with Crippen LogP contribution in [0.1, 0.15) is 42.9 Å². The van der Waals surface area contributed by atoms with Crippen LogP contribution in [0.3, 0.4) is 0 Å². The van der Waals surface area contributed by atoms with Gasteiger partial charge in [-0.25, -0.2) is 0 Å². The van der Waals surface area contributed by atoms with Crippen molar-refractivity contribution < 1.29 is 9.53 Å². The van der Waals surface area contributed by atoms with E-state index in [1.54, 1.807) is 7.11 Å². The summed E-state index contributed by atoms with van der Waals surface area (Å²) in [6.07, 6.45) is 4.27. The van der Waals surface area contributed by atoms with Crippen molar-refractivity contribution in [3.05, 3.63) is 65.9 Å². The Hall–Kier alpha value is -2.79. The number of likely N-dealkylation sites (tertiary alicyclic amines) is 1. The number of fused-ring (bicyclic) bond motifs is 1. The van der Waals surface area contributed by atoms with Crippen molar-refractivity contribution in [2.24, 2.45) is 0 Å². The van der Waals surface area contributed by atoms with E-state index < -0.39 is 0 Å². The number of piperidine rings is 1. The second kappa shape index (κ2) is 8.92. The summed E-state index contributed by atoms with van der Waals surface area (Å²) in [6, 6.07) is 16.5. The standard InChI is InChI=1S/C25H31N3O2/c1-18(19-7-5-4-6-8-19)27(2)25(29)17-28-13-11-20(12-14-28)23-16-26-24-10-9-21(30-3)15-22(23)24/h4-10,15-16,18,20,26H,11-14,17H2,1-3H3. The number of ether oxygens (including phenoxy) is 1.